The summed E-state index contributed by atoms with van der Waals surface area (Å²) in [6.45, 7) is 3.30. The van der Waals surface area contributed by atoms with Gasteiger partial charge in [0, 0.05) is 6.04 Å². The fourth-order valence-electron chi connectivity index (χ4n) is 3.34. The lowest BCUT2D eigenvalue weighted by molar-refractivity contribution is 0.397. The maximum absolute atomic E-state index is 3.73. The lowest BCUT2D eigenvalue weighted by Crippen LogP contribution is -2.28. The second-order valence-corrected chi connectivity index (χ2v) is 7.11. The first-order valence-corrected chi connectivity index (χ1v) is 8.95. The molecule has 0 radical (unpaired) electrons. The highest BCUT2D eigenvalue weighted by molar-refractivity contribution is 7.99. The van der Waals surface area contributed by atoms with E-state index in [1.54, 1.807) is 5.56 Å². The largest absolute Gasteiger partial charge is 0.310 e. The average Bonchev–Trinajstić information content (AvgIpc) is 2.88. The first kappa shape index (κ1) is 13.5. The number of benzene rings is 1. The SMILES string of the molecule is CCNC(c1cccc(C2CCC2)c1)C1CCSC1. The van der Waals surface area contributed by atoms with Gasteiger partial charge in [-0.1, -0.05) is 37.6 Å². The maximum atomic E-state index is 3.73. The minimum absolute atomic E-state index is 0.569. The summed E-state index contributed by atoms with van der Waals surface area (Å²) < 4.78 is 0. The topological polar surface area (TPSA) is 12.0 Å². The van der Waals surface area contributed by atoms with E-state index in [4.69, 9.17) is 0 Å². The Hall–Kier alpha value is -0.470. The van der Waals surface area contributed by atoms with E-state index in [0.717, 1.165) is 18.4 Å². The van der Waals surface area contributed by atoms with Crippen LogP contribution in [0.4, 0.5) is 0 Å². The second kappa shape index (κ2) is 6.32. The van der Waals surface area contributed by atoms with E-state index in [-0.39, 0.29) is 0 Å². The van der Waals surface area contributed by atoms with Crippen molar-refractivity contribution in [2.75, 3.05) is 18.1 Å². The highest BCUT2D eigenvalue weighted by Gasteiger charge is 2.27. The zero-order valence-corrected chi connectivity index (χ0v) is 12.7. The summed E-state index contributed by atoms with van der Waals surface area (Å²) in [5.74, 6) is 4.34. The van der Waals surface area contributed by atoms with E-state index in [1.807, 2.05) is 0 Å². The molecule has 19 heavy (non-hydrogen) atoms. The fourth-order valence-corrected chi connectivity index (χ4v) is 4.64. The van der Waals surface area contributed by atoms with Crippen molar-refractivity contribution in [3.8, 4) is 0 Å². The van der Waals surface area contributed by atoms with Crippen LogP contribution in [0.15, 0.2) is 24.3 Å². The van der Waals surface area contributed by atoms with Crippen LogP contribution in [0.5, 0.6) is 0 Å². The number of rotatable bonds is 5. The lowest BCUT2D eigenvalue weighted by Gasteiger charge is -2.29. The van der Waals surface area contributed by atoms with Crippen LogP contribution in [0.3, 0.4) is 0 Å². The molecule has 104 valence electrons. The molecular weight excluding hydrogens is 250 g/mol. The Balaban J connectivity index is 1.80. The zero-order valence-electron chi connectivity index (χ0n) is 11.9. The van der Waals surface area contributed by atoms with Crippen LogP contribution in [0, 0.1) is 5.92 Å². The molecule has 1 aliphatic carbocycles. The molecule has 0 aromatic heterocycles. The molecule has 1 N–H and O–H groups in total. The Morgan fingerprint density at radius 2 is 2.21 bits per heavy atom. The normalized spacial score (nSPS) is 25.2. The van der Waals surface area contributed by atoms with E-state index in [2.05, 4.69) is 48.3 Å². The van der Waals surface area contributed by atoms with Crippen molar-refractivity contribution in [1.29, 1.82) is 0 Å². The van der Waals surface area contributed by atoms with Gasteiger partial charge in [-0.15, -0.1) is 0 Å². The van der Waals surface area contributed by atoms with Crippen molar-refractivity contribution in [3.05, 3.63) is 35.4 Å². The number of thioether (sulfide) groups is 1. The molecule has 2 unspecified atom stereocenters. The molecule has 0 spiro atoms. The van der Waals surface area contributed by atoms with Gasteiger partial charge in [0.15, 0.2) is 0 Å². The van der Waals surface area contributed by atoms with Crippen LogP contribution in [0.25, 0.3) is 0 Å². The highest BCUT2D eigenvalue weighted by Crippen LogP contribution is 2.39. The van der Waals surface area contributed by atoms with E-state index in [9.17, 15) is 0 Å². The molecule has 1 nitrogen and oxygen atoms in total. The molecule has 2 aliphatic rings. The summed E-state index contributed by atoms with van der Waals surface area (Å²) in [4.78, 5) is 0. The van der Waals surface area contributed by atoms with Crippen molar-refractivity contribution in [3.63, 3.8) is 0 Å². The van der Waals surface area contributed by atoms with Crippen LogP contribution in [0.1, 0.15) is 55.7 Å². The monoisotopic (exact) mass is 275 g/mol. The van der Waals surface area contributed by atoms with E-state index in [1.165, 1.54) is 42.8 Å². The molecule has 0 amide bonds. The Morgan fingerprint density at radius 3 is 2.84 bits per heavy atom. The number of nitrogens with one attached hydrogen (secondary N) is 1. The van der Waals surface area contributed by atoms with Crippen LogP contribution in [-0.2, 0) is 0 Å². The third-order valence-corrected chi connectivity index (χ3v) is 5.89. The molecule has 1 aromatic carbocycles. The van der Waals surface area contributed by atoms with Crippen molar-refractivity contribution in [2.24, 2.45) is 5.92 Å². The van der Waals surface area contributed by atoms with Crippen molar-refractivity contribution in [2.45, 2.75) is 44.6 Å². The molecule has 1 aliphatic heterocycles. The van der Waals surface area contributed by atoms with E-state index < -0.39 is 0 Å². The van der Waals surface area contributed by atoms with Gasteiger partial charge in [-0.05, 0) is 60.3 Å². The zero-order chi connectivity index (χ0) is 13.1. The third kappa shape index (κ3) is 3.00. The van der Waals surface area contributed by atoms with Gasteiger partial charge >= 0.3 is 0 Å². The van der Waals surface area contributed by atoms with Gasteiger partial charge in [0.2, 0.25) is 0 Å². The van der Waals surface area contributed by atoms with Crippen molar-refractivity contribution < 1.29 is 0 Å². The van der Waals surface area contributed by atoms with Gasteiger partial charge in [-0.3, -0.25) is 0 Å². The Kier molecular flexibility index (Phi) is 4.49. The van der Waals surface area contributed by atoms with Gasteiger partial charge in [0.1, 0.15) is 0 Å². The van der Waals surface area contributed by atoms with Gasteiger partial charge < -0.3 is 5.32 Å². The molecule has 2 heteroatoms. The summed E-state index contributed by atoms with van der Waals surface area (Å²) in [6.07, 6.45) is 5.59. The highest BCUT2D eigenvalue weighted by atomic mass is 32.2. The average molecular weight is 275 g/mol. The second-order valence-electron chi connectivity index (χ2n) is 5.96. The molecule has 0 bridgehead atoms. The Morgan fingerprint density at radius 1 is 1.32 bits per heavy atom. The minimum Gasteiger partial charge on any atom is -0.310 e. The summed E-state index contributed by atoms with van der Waals surface area (Å²) in [6, 6.07) is 9.99. The van der Waals surface area contributed by atoms with Crippen molar-refractivity contribution in [1.82, 2.24) is 5.32 Å². The minimum atomic E-state index is 0.569. The maximum Gasteiger partial charge on any atom is 0.0356 e. The fraction of sp³-hybridized carbons (Fsp3) is 0.647. The van der Waals surface area contributed by atoms with Gasteiger partial charge in [-0.25, -0.2) is 0 Å². The summed E-state index contributed by atoms with van der Waals surface area (Å²) in [5.41, 5.74) is 3.11. The first-order valence-electron chi connectivity index (χ1n) is 7.79. The predicted octanol–water partition coefficient (Wildman–Crippen LogP) is 4.36. The Labute approximate surface area is 121 Å². The summed E-state index contributed by atoms with van der Waals surface area (Å²) in [7, 11) is 0. The molecule has 3 rings (SSSR count). The molecule has 1 saturated carbocycles. The Bertz CT molecular complexity index is 407. The molecule has 2 fully saturated rings. The van der Waals surface area contributed by atoms with Gasteiger partial charge in [0.05, 0.1) is 0 Å². The van der Waals surface area contributed by atoms with E-state index in [0.29, 0.717) is 6.04 Å². The molecule has 2 atom stereocenters. The number of hydrogen-bond donors (Lipinski definition) is 1. The predicted molar refractivity (Wildman–Crippen MR) is 84.9 cm³/mol. The quantitative estimate of drug-likeness (QED) is 0.857. The van der Waals surface area contributed by atoms with Gasteiger partial charge in [0.25, 0.3) is 0 Å². The van der Waals surface area contributed by atoms with Crippen molar-refractivity contribution >= 4 is 11.8 Å². The number of hydrogen-bond acceptors (Lipinski definition) is 2. The van der Waals surface area contributed by atoms with Crippen LogP contribution >= 0.6 is 11.8 Å². The van der Waals surface area contributed by atoms with Crippen LogP contribution in [-0.4, -0.2) is 18.1 Å². The van der Waals surface area contributed by atoms with Crippen LogP contribution in [0.2, 0.25) is 0 Å². The third-order valence-electron chi connectivity index (χ3n) is 4.71. The summed E-state index contributed by atoms with van der Waals surface area (Å²) in [5, 5.41) is 3.73. The standard InChI is InChI=1S/C17H25NS/c1-2-18-17(16-9-10-19-12-16)15-8-4-7-14(11-15)13-5-3-6-13/h4,7-8,11,13,16-18H,2-3,5-6,9-10,12H2,1H3. The first-order chi connectivity index (χ1) is 9.38. The molecule has 1 aromatic rings. The smallest absolute Gasteiger partial charge is 0.0356 e. The molecular formula is C17H25NS. The molecule has 1 heterocycles. The van der Waals surface area contributed by atoms with E-state index >= 15 is 0 Å². The lowest BCUT2D eigenvalue weighted by atomic mass is 9.79. The summed E-state index contributed by atoms with van der Waals surface area (Å²) >= 11 is 2.12. The van der Waals surface area contributed by atoms with Gasteiger partial charge in [-0.2, -0.15) is 11.8 Å². The van der Waals surface area contributed by atoms with Crippen LogP contribution < -0.4 is 5.32 Å². The molecule has 1 saturated heterocycles.